The fraction of sp³-hybridized carbons (Fsp3) is 0.859. The predicted molar refractivity (Wildman–Crippen MR) is 371 cm³/mol. The molecule has 0 aliphatic heterocycles. The van der Waals surface area contributed by atoms with E-state index in [1.165, 1.54) is 51.4 Å². The van der Waals surface area contributed by atoms with Crippen LogP contribution in [0.3, 0.4) is 0 Å². The van der Waals surface area contributed by atoms with E-state index >= 15 is 0 Å². The summed E-state index contributed by atoms with van der Waals surface area (Å²) in [5.74, 6) is -5.42. The molecule has 0 aromatic rings. The van der Waals surface area contributed by atoms with Crippen molar-refractivity contribution >= 4 is 58.6 Å². The van der Waals surface area contributed by atoms with Crippen LogP contribution in [0.5, 0.6) is 0 Å². The molecule has 16 nitrogen and oxygen atoms in total. The SMILES string of the molecule is C=C(OCC(CO/C(=C\C)C(CC(=O)OCCCCCCCCCC)C(=O)OCCCCCC)N(CCCN(C)C)C(=O)CCC(=O)OC(CCC)CCCCCC)C(CC(=O)OCCCCCCCCCC)C(=O)OCCCCCC.CC.CC.NI. The fourth-order valence-electron chi connectivity index (χ4n) is 9.69. The Morgan fingerprint density at radius 1 is 0.443 bits per heavy atom. The third-order valence-corrected chi connectivity index (χ3v) is 14.8. The van der Waals surface area contributed by atoms with Crippen molar-refractivity contribution in [3.63, 3.8) is 0 Å². The van der Waals surface area contributed by atoms with Crippen molar-refractivity contribution in [3.05, 3.63) is 24.2 Å². The summed E-state index contributed by atoms with van der Waals surface area (Å²) in [6.45, 7) is 27.9. The second kappa shape index (κ2) is 69.4. The highest BCUT2D eigenvalue weighted by atomic mass is 127. The number of esters is 5. The zero-order valence-electron chi connectivity index (χ0n) is 58.9. The van der Waals surface area contributed by atoms with E-state index in [1.807, 2.05) is 46.7 Å². The molecule has 0 bridgehead atoms. The minimum atomic E-state index is -1.20. The summed E-state index contributed by atoms with van der Waals surface area (Å²) in [6.07, 6.45) is 32.2. The van der Waals surface area contributed by atoms with Crippen LogP contribution >= 0.6 is 22.9 Å². The van der Waals surface area contributed by atoms with E-state index in [2.05, 4.69) is 52.1 Å². The maximum atomic E-state index is 14.7. The van der Waals surface area contributed by atoms with Crippen molar-refractivity contribution in [2.45, 2.75) is 319 Å². The van der Waals surface area contributed by atoms with Crippen LogP contribution < -0.4 is 3.95 Å². The highest BCUT2D eigenvalue weighted by molar-refractivity contribution is 14.1. The van der Waals surface area contributed by atoms with Crippen LogP contribution in [0.1, 0.15) is 307 Å². The smallest absolute Gasteiger partial charge is 0.317 e. The summed E-state index contributed by atoms with van der Waals surface area (Å²) >= 11 is 1.65. The molecule has 88 heavy (non-hydrogen) atoms. The third-order valence-electron chi connectivity index (χ3n) is 14.8. The second-order valence-electron chi connectivity index (χ2n) is 22.8. The number of hydrogen-bond acceptors (Lipinski definition) is 15. The first-order valence-electron chi connectivity index (χ1n) is 35.3. The molecule has 0 radical (unpaired) electrons. The van der Waals surface area contributed by atoms with E-state index < -0.39 is 47.7 Å². The largest absolute Gasteiger partial charge is 0.495 e. The molecule has 1 amide bonds. The number of allylic oxidation sites excluding steroid dienone is 1. The summed E-state index contributed by atoms with van der Waals surface area (Å²) < 4.78 is 46.3. The van der Waals surface area contributed by atoms with Gasteiger partial charge < -0.3 is 43.0 Å². The quantitative estimate of drug-likeness (QED) is 0.0150. The molecule has 0 saturated carbocycles. The van der Waals surface area contributed by atoms with Gasteiger partial charge in [0.05, 0.1) is 51.7 Å². The first-order valence-corrected chi connectivity index (χ1v) is 36.6. The van der Waals surface area contributed by atoms with Gasteiger partial charge in [-0.15, -0.1) is 0 Å². The molecule has 2 N–H and O–H groups in total. The summed E-state index contributed by atoms with van der Waals surface area (Å²) in [5.41, 5.74) is 0. The summed E-state index contributed by atoms with van der Waals surface area (Å²) in [4.78, 5) is 86.7. The van der Waals surface area contributed by atoms with E-state index in [1.54, 1.807) is 40.8 Å². The Balaban J connectivity index is -0.00000568. The van der Waals surface area contributed by atoms with Gasteiger partial charge in [-0.1, -0.05) is 230 Å². The van der Waals surface area contributed by atoms with Crippen LogP contribution in [0, 0.1) is 11.8 Å². The van der Waals surface area contributed by atoms with Crippen molar-refractivity contribution in [1.82, 2.24) is 9.80 Å². The molecular weight excluding hydrogens is 1230 g/mol. The molecule has 0 aliphatic carbocycles. The van der Waals surface area contributed by atoms with Crippen LogP contribution in [0.2, 0.25) is 0 Å². The number of rotatable bonds is 58. The lowest BCUT2D eigenvalue weighted by atomic mass is 10.0. The van der Waals surface area contributed by atoms with Crippen LogP contribution in [-0.2, 0) is 61.9 Å². The summed E-state index contributed by atoms with van der Waals surface area (Å²) in [7, 11) is 3.88. The number of nitrogens with zero attached hydrogens (tertiary/aromatic N) is 2. The number of amides is 1. The molecule has 17 heteroatoms. The number of hydrogen-bond donors (Lipinski definition) is 1. The minimum Gasteiger partial charge on any atom is -0.495 e. The van der Waals surface area contributed by atoms with Crippen LogP contribution in [0.25, 0.3) is 0 Å². The maximum absolute atomic E-state index is 14.7. The first kappa shape index (κ1) is 91.0. The molecule has 520 valence electrons. The number of halogens is 1. The van der Waals surface area contributed by atoms with E-state index in [9.17, 15) is 28.8 Å². The topological polar surface area (TPSA) is 200 Å². The minimum absolute atomic E-state index is 0.0345. The number of nitrogens with two attached hydrogens (primary N) is 1. The van der Waals surface area contributed by atoms with Crippen molar-refractivity contribution in [2.75, 3.05) is 66.8 Å². The van der Waals surface area contributed by atoms with Gasteiger partial charge in [0.2, 0.25) is 5.91 Å². The molecule has 0 aromatic carbocycles. The lowest BCUT2D eigenvalue weighted by Gasteiger charge is -2.33. The van der Waals surface area contributed by atoms with Crippen LogP contribution in [-0.4, -0.2) is 125 Å². The second-order valence-corrected chi connectivity index (χ2v) is 22.8. The molecule has 0 fully saturated rings. The average molecular weight is 1370 g/mol. The molecule has 0 aliphatic rings. The van der Waals surface area contributed by atoms with Gasteiger partial charge in [0.15, 0.2) is 0 Å². The van der Waals surface area contributed by atoms with Gasteiger partial charge in [-0.05, 0) is 85.0 Å². The molecular formula is C71H136IN3O13. The van der Waals surface area contributed by atoms with E-state index in [0.29, 0.717) is 32.2 Å². The van der Waals surface area contributed by atoms with Crippen molar-refractivity contribution in [2.24, 2.45) is 15.8 Å². The Morgan fingerprint density at radius 3 is 1.26 bits per heavy atom. The molecule has 0 spiro atoms. The van der Waals surface area contributed by atoms with E-state index in [-0.39, 0.29) is 95.4 Å². The van der Waals surface area contributed by atoms with Crippen molar-refractivity contribution in [1.29, 1.82) is 0 Å². The highest BCUT2D eigenvalue weighted by Gasteiger charge is 2.34. The zero-order valence-corrected chi connectivity index (χ0v) is 61.0. The Kier molecular flexibility index (Phi) is 71.8. The van der Waals surface area contributed by atoms with Gasteiger partial charge in [0.1, 0.15) is 42.7 Å². The number of carbonyl (C=O) groups excluding carboxylic acids is 6. The Labute approximate surface area is 553 Å². The van der Waals surface area contributed by atoms with Gasteiger partial charge in [-0.25, -0.2) is 0 Å². The molecule has 4 atom stereocenters. The molecule has 0 saturated heterocycles. The van der Waals surface area contributed by atoms with Gasteiger partial charge in [-0.2, -0.15) is 0 Å². The molecule has 0 rings (SSSR count). The zero-order chi connectivity index (χ0) is 66.9. The lowest BCUT2D eigenvalue weighted by molar-refractivity contribution is -0.156. The van der Waals surface area contributed by atoms with Gasteiger partial charge in [-0.3, -0.25) is 32.7 Å². The number of unbranched alkanes of at least 4 members (excludes halogenated alkanes) is 23. The Hall–Kier alpha value is -3.45. The number of ether oxygens (including phenoxy) is 7. The summed E-state index contributed by atoms with van der Waals surface area (Å²) in [6, 6.07) is -0.886. The Bertz CT molecular complexity index is 1680. The summed E-state index contributed by atoms with van der Waals surface area (Å²) in [5, 5.41) is 0. The predicted octanol–water partition coefficient (Wildman–Crippen LogP) is 18.0. The van der Waals surface area contributed by atoms with Crippen molar-refractivity contribution < 1.29 is 61.9 Å². The Morgan fingerprint density at radius 2 is 0.830 bits per heavy atom. The fourth-order valence-corrected chi connectivity index (χ4v) is 9.69. The van der Waals surface area contributed by atoms with E-state index in [4.69, 9.17) is 33.2 Å². The third kappa shape index (κ3) is 54.3. The first-order chi connectivity index (χ1) is 42.7. The standard InChI is InChI=1S/C67H122N2O13.2C2H6.H2IN/c1-11-18-23-28-30-32-34-39-48-76-64(72)52-59(66(74)78-50-37-26-21-14-4)56(8)80-54-57(69(47-41-46-68(9)10)62(70)44-45-63(71)82-58(42-16-6)43-36-25-20-13-3)55-81-61(17-7)60(67(75)79-51-38-27-22-15-5)53-65(73)77-49-40-35-33-31-29-24-19-12-2;3*1-2/h17,57-60H,8,11-16,18-55H2,1-7,9-10H3;2*1-2H3;2H2/b61-17-;;;. The highest BCUT2D eigenvalue weighted by Crippen LogP contribution is 2.25. The van der Waals surface area contributed by atoms with Gasteiger partial charge in [0, 0.05) is 35.8 Å². The van der Waals surface area contributed by atoms with Gasteiger partial charge >= 0.3 is 29.8 Å². The van der Waals surface area contributed by atoms with Crippen LogP contribution in [0.15, 0.2) is 24.2 Å². The average Bonchev–Trinajstić information content (AvgIpc) is 3.54. The van der Waals surface area contributed by atoms with Crippen molar-refractivity contribution in [3.8, 4) is 0 Å². The lowest BCUT2D eigenvalue weighted by Crippen LogP contribution is -2.47. The monoisotopic (exact) mass is 1370 g/mol. The maximum Gasteiger partial charge on any atom is 0.317 e. The molecule has 0 heterocycles. The normalized spacial score (nSPS) is 12.3. The molecule has 4 unspecified atom stereocenters. The van der Waals surface area contributed by atoms with Gasteiger partial charge in [0.25, 0.3) is 0 Å². The molecule has 0 aromatic heterocycles. The van der Waals surface area contributed by atoms with E-state index in [0.717, 1.165) is 128 Å². The van der Waals surface area contributed by atoms with Crippen LogP contribution in [0.4, 0.5) is 0 Å². The number of carbonyl (C=O) groups is 6.